The number of hydrogen-bond donors (Lipinski definition) is 3. The van der Waals surface area contributed by atoms with E-state index in [2.05, 4.69) is 10.6 Å². The summed E-state index contributed by atoms with van der Waals surface area (Å²) in [5.74, 6) is 0.00134. The van der Waals surface area contributed by atoms with Crippen LogP contribution < -0.4 is 15.5 Å². The van der Waals surface area contributed by atoms with Gasteiger partial charge < -0.3 is 20.6 Å². The lowest BCUT2D eigenvalue weighted by Gasteiger charge is -2.22. The predicted molar refractivity (Wildman–Crippen MR) is 136 cm³/mol. The van der Waals surface area contributed by atoms with Crippen LogP contribution in [0.3, 0.4) is 0 Å². The maximum Gasteiger partial charge on any atom is 0.272 e. The molecule has 1 aliphatic rings. The summed E-state index contributed by atoms with van der Waals surface area (Å²) in [6.45, 7) is 0.568. The van der Waals surface area contributed by atoms with Gasteiger partial charge in [-0.05, 0) is 54.5 Å². The van der Waals surface area contributed by atoms with Crippen molar-refractivity contribution in [3.8, 4) is 5.75 Å². The first-order chi connectivity index (χ1) is 15.9. The van der Waals surface area contributed by atoms with Crippen molar-refractivity contribution in [2.45, 2.75) is 12.6 Å². The first kappa shape index (κ1) is 22.8. The van der Waals surface area contributed by atoms with Gasteiger partial charge in [-0.25, -0.2) is 4.99 Å². The monoisotopic (exact) mass is 478 g/mol. The SMILES string of the molecule is CN1C(=O)C(NC(=S)NCCc2ccc(O)cc2)N=C(c2ccccc2)c2cc(Cl)ccc21. The predicted octanol–water partition coefficient (Wildman–Crippen LogP) is 3.89. The van der Waals surface area contributed by atoms with Gasteiger partial charge in [-0.15, -0.1) is 0 Å². The van der Waals surface area contributed by atoms with Gasteiger partial charge in [-0.3, -0.25) is 4.79 Å². The molecule has 3 aromatic rings. The number of nitrogens with one attached hydrogen (secondary N) is 2. The van der Waals surface area contributed by atoms with Crippen LogP contribution in [0.15, 0.2) is 77.8 Å². The van der Waals surface area contributed by atoms with E-state index in [4.69, 9.17) is 28.8 Å². The molecule has 1 amide bonds. The Morgan fingerprint density at radius 2 is 1.85 bits per heavy atom. The van der Waals surface area contributed by atoms with Crippen molar-refractivity contribution in [2.24, 2.45) is 4.99 Å². The molecule has 6 nitrogen and oxygen atoms in total. The van der Waals surface area contributed by atoms with Gasteiger partial charge in [0.05, 0.1) is 11.4 Å². The van der Waals surface area contributed by atoms with Crippen LogP contribution in [0.2, 0.25) is 5.02 Å². The molecular weight excluding hydrogens is 456 g/mol. The summed E-state index contributed by atoms with van der Waals surface area (Å²) in [4.78, 5) is 19.6. The molecule has 1 aliphatic heterocycles. The van der Waals surface area contributed by atoms with Gasteiger partial charge in [0.2, 0.25) is 6.17 Å². The first-order valence-corrected chi connectivity index (χ1v) is 11.2. The number of anilines is 1. The molecule has 0 saturated carbocycles. The van der Waals surface area contributed by atoms with Gasteiger partial charge in [0.25, 0.3) is 5.91 Å². The maximum atomic E-state index is 13.2. The normalized spacial score (nSPS) is 15.3. The highest BCUT2D eigenvalue weighted by molar-refractivity contribution is 7.80. The number of nitrogens with zero attached hydrogens (tertiary/aromatic N) is 2. The first-order valence-electron chi connectivity index (χ1n) is 10.5. The van der Waals surface area contributed by atoms with Crippen LogP contribution in [0, 0.1) is 0 Å². The molecule has 1 heterocycles. The Bertz CT molecular complexity index is 1200. The van der Waals surface area contributed by atoms with E-state index in [-0.39, 0.29) is 11.7 Å². The standard InChI is InChI=1S/C25H23ClN4O2S/c1-30-21-12-9-18(26)15-20(21)22(17-5-3-2-4-6-17)28-23(24(30)32)29-25(33)27-14-13-16-7-10-19(31)11-8-16/h2-12,15,23,31H,13-14H2,1H3,(H2,27,29,33). The number of benzodiazepines with no additional fused rings is 1. The van der Waals surface area contributed by atoms with Crippen LogP contribution in [-0.2, 0) is 11.2 Å². The molecule has 168 valence electrons. The Kier molecular flexibility index (Phi) is 6.91. The zero-order chi connectivity index (χ0) is 23.4. The average Bonchev–Trinajstić information content (AvgIpc) is 2.91. The van der Waals surface area contributed by atoms with Crippen LogP contribution in [0.25, 0.3) is 0 Å². The summed E-state index contributed by atoms with van der Waals surface area (Å²) in [7, 11) is 1.72. The number of aliphatic imine (C=N–C) groups is 1. The highest BCUT2D eigenvalue weighted by atomic mass is 35.5. The Morgan fingerprint density at radius 1 is 1.12 bits per heavy atom. The zero-order valence-corrected chi connectivity index (χ0v) is 19.5. The molecule has 3 N–H and O–H groups in total. The number of thiocarbonyl (C=S) groups is 1. The van der Waals surface area contributed by atoms with Crippen molar-refractivity contribution >= 4 is 46.2 Å². The fourth-order valence-electron chi connectivity index (χ4n) is 3.62. The second kappa shape index (κ2) is 10.0. The largest absolute Gasteiger partial charge is 0.508 e. The number of phenolic OH excluding ortho intramolecular Hbond substituents is 1. The molecule has 3 aromatic carbocycles. The minimum atomic E-state index is -0.898. The van der Waals surface area contributed by atoms with Crippen molar-refractivity contribution in [3.05, 3.63) is 94.5 Å². The number of amides is 1. The average molecular weight is 479 g/mol. The number of hydrogen-bond acceptors (Lipinski definition) is 4. The van der Waals surface area contributed by atoms with Gasteiger partial charge in [-0.2, -0.15) is 0 Å². The van der Waals surface area contributed by atoms with Gasteiger partial charge >= 0.3 is 0 Å². The number of carbonyl (C=O) groups excluding carboxylic acids is 1. The van der Waals surface area contributed by atoms with E-state index in [0.717, 1.165) is 22.4 Å². The van der Waals surface area contributed by atoms with Crippen LogP contribution in [0.4, 0.5) is 5.69 Å². The van der Waals surface area contributed by atoms with E-state index >= 15 is 0 Å². The minimum absolute atomic E-state index is 0.229. The van der Waals surface area contributed by atoms with Gasteiger partial charge in [0.1, 0.15) is 5.75 Å². The fraction of sp³-hybridized carbons (Fsp3) is 0.160. The van der Waals surface area contributed by atoms with Crippen molar-refractivity contribution in [3.63, 3.8) is 0 Å². The molecule has 4 rings (SSSR count). The molecule has 0 aliphatic carbocycles. The number of halogens is 1. The van der Waals surface area contributed by atoms with Crippen LogP contribution in [0.5, 0.6) is 5.75 Å². The van der Waals surface area contributed by atoms with Crippen LogP contribution >= 0.6 is 23.8 Å². The fourth-order valence-corrected chi connectivity index (χ4v) is 4.01. The number of aromatic hydroxyl groups is 1. The van der Waals surface area contributed by atoms with Crippen molar-refractivity contribution < 1.29 is 9.90 Å². The quantitative estimate of drug-likeness (QED) is 0.485. The molecular formula is C25H23ClN4O2S. The third-order valence-corrected chi connectivity index (χ3v) is 5.85. The summed E-state index contributed by atoms with van der Waals surface area (Å²) in [6, 6.07) is 22.1. The molecule has 33 heavy (non-hydrogen) atoms. The Morgan fingerprint density at radius 3 is 2.58 bits per heavy atom. The molecule has 0 saturated heterocycles. The van der Waals surface area contributed by atoms with Gasteiger partial charge in [0, 0.05) is 29.7 Å². The highest BCUT2D eigenvalue weighted by Gasteiger charge is 2.30. The van der Waals surface area contributed by atoms with E-state index in [0.29, 0.717) is 28.8 Å². The minimum Gasteiger partial charge on any atom is -0.508 e. The summed E-state index contributed by atoms with van der Waals surface area (Å²) < 4.78 is 0. The van der Waals surface area contributed by atoms with Crippen LogP contribution in [0.1, 0.15) is 16.7 Å². The lowest BCUT2D eigenvalue weighted by atomic mass is 10.0. The summed E-state index contributed by atoms with van der Waals surface area (Å²) >= 11 is 11.7. The van der Waals surface area contributed by atoms with Crippen LogP contribution in [-0.4, -0.2) is 41.6 Å². The van der Waals surface area contributed by atoms with E-state index < -0.39 is 6.17 Å². The molecule has 8 heteroatoms. The van der Waals surface area contributed by atoms with E-state index in [1.807, 2.05) is 54.6 Å². The maximum absolute atomic E-state index is 13.2. The third kappa shape index (κ3) is 5.32. The van der Waals surface area contributed by atoms with Crippen molar-refractivity contribution in [2.75, 3.05) is 18.5 Å². The molecule has 1 atom stereocenters. The van der Waals surface area contributed by atoms with E-state index in [9.17, 15) is 9.90 Å². The second-order valence-electron chi connectivity index (χ2n) is 7.62. The van der Waals surface area contributed by atoms with E-state index in [1.54, 1.807) is 30.1 Å². The van der Waals surface area contributed by atoms with E-state index in [1.165, 1.54) is 0 Å². The smallest absolute Gasteiger partial charge is 0.272 e. The van der Waals surface area contributed by atoms with Gasteiger partial charge in [-0.1, -0.05) is 54.1 Å². The molecule has 0 bridgehead atoms. The summed E-state index contributed by atoms with van der Waals surface area (Å²) in [6.07, 6.45) is -0.187. The second-order valence-corrected chi connectivity index (χ2v) is 8.47. The van der Waals surface area contributed by atoms with Crippen molar-refractivity contribution in [1.29, 1.82) is 0 Å². The third-order valence-electron chi connectivity index (χ3n) is 5.35. The zero-order valence-electron chi connectivity index (χ0n) is 18.0. The molecule has 1 unspecified atom stereocenters. The Hall–Kier alpha value is -3.42. The van der Waals surface area contributed by atoms with Gasteiger partial charge in [0.15, 0.2) is 5.11 Å². The number of rotatable bonds is 5. The number of carbonyl (C=O) groups is 1. The number of phenols is 1. The molecule has 0 aromatic heterocycles. The number of benzene rings is 3. The molecule has 0 spiro atoms. The Labute approximate surface area is 202 Å². The Balaban J connectivity index is 1.55. The lowest BCUT2D eigenvalue weighted by Crippen LogP contribution is -2.49. The summed E-state index contributed by atoms with van der Waals surface area (Å²) in [5, 5.41) is 16.5. The topological polar surface area (TPSA) is 77.0 Å². The summed E-state index contributed by atoms with van der Waals surface area (Å²) in [5.41, 5.74) is 4.10. The molecule has 0 fully saturated rings. The van der Waals surface area contributed by atoms with Crippen molar-refractivity contribution in [1.82, 2.24) is 10.6 Å². The number of likely N-dealkylation sites (N-methyl/N-ethyl adjacent to an activating group) is 1. The lowest BCUT2D eigenvalue weighted by molar-refractivity contribution is -0.119. The highest BCUT2D eigenvalue weighted by Crippen LogP contribution is 2.29. The molecule has 0 radical (unpaired) electrons. The number of fused-ring (bicyclic) bond motifs is 1.